The Labute approximate surface area is 256 Å². The standard InChI is InChI=1S/C29H31N7O9/c30-22(29(44)45)14-17(28(42)43)2-1-3-23(37)31-15-24(38)32-18-4-8-20(9-5-18)34-35-21-10-6-19(7-11-21)33-25(39)16-36-26(40)12-13-27(36)41/h4-13,17,22H,1-3,14-16,30H2,(H,31,37)(H,32,38)(H,33,39)(H,42,43)(H,44,45)/t17-,22-/m0/s1. The van der Waals surface area contributed by atoms with Gasteiger partial charge < -0.3 is 31.9 Å². The van der Waals surface area contributed by atoms with Crippen molar-refractivity contribution in [3.05, 3.63) is 60.7 Å². The predicted molar refractivity (Wildman–Crippen MR) is 158 cm³/mol. The van der Waals surface area contributed by atoms with Gasteiger partial charge in [0.05, 0.1) is 23.8 Å². The van der Waals surface area contributed by atoms with Crippen LogP contribution in [0.4, 0.5) is 22.7 Å². The Bertz CT molecular complexity index is 1490. The Balaban J connectivity index is 1.38. The van der Waals surface area contributed by atoms with Crippen LogP contribution in [0, 0.1) is 5.92 Å². The Morgan fingerprint density at radius 3 is 1.76 bits per heavy atom. The van der Waals surface area contributed by atoms with E-state index in [0.717, 1.165) is 17.1 Å². The molecule has 0 fully saturated rings. The van der Waals surface area contributed by atoms with E-state index < -0.39 is 60.0 Å². The molecular formula is C29H31N7O9. The lowest BCUT2D eigenvalue weighted by molar-refractivity contribution is -0.144. The number of nitrogens with one attached hydrogen (secondary N) is 3. The molecule has 0 radical (unpaired) electrons. The fraction of sp³-hybridized carbons (Fsp3) is 0.276. The molecule has 7 N–H and O–H groups in total. The molecule has 2 atom stereocenters. The molecule has 16 heteroatoms. The van der Waals surface area contributed by atoms with E-state index >= 15 is 0 Å². The number of amides is 5. The smallest absolute Gasteiger partial charge is 0.320 e. The normalized spacial score (nSPS) is 13.8. The molecule has 0 bridgehead atoms. The average molecular weight is 622 g/mol. The van der Waals surface area contributed by atoms with Crippen LogP contribution in [0.3, 0.4) is 0 Å². The van der Waals surface area contributed by atoms with Gasteiger partial charge in [-0.1, -0.05) is 0 Å². The van der Waals surface area contributed by atoms with Gasteiger partial charge >= 0.3 is 11.9 Å². The van der Waals surface area contributed by atoms with Crippen LogP contribution in [-0.4, -0.2) is 75.7 Å². The van der Waals surface area contributed by atoms with E-state index in [4.69, 9.17) is 10.8 Å². The molecule has 1 heterocycles. The van der Waals surface area contributed by atoms with Crippen LogP contribution in [0.25, 0.3) is 0 Å². The van der Waals surface area contributed by atoms with Gasteiger partial charge in [-0.25, -0.2) is 0 Å². The van der Waals surface area contributed by atoms with Crippen molar-refractivity contribution in [2.24, 2.45) is 21.9 Å². The quantitative estimate of drug-likeness (QED) is 0.117. The molecule has 0 spiro atoms. The van der Waals surface area contributed by atoms with Crippen molar-refractivity contribution in [2.75, 3.05) is 23.7 Å². The molecule has 2 aromatic rings. The number of aliphatic carboxylic acids is 2. The summed E-state index contributed by atoms with van der Waals surface area (Å²) in [5.74, 6) is -6.07. The van der Waals surface area contributed by atoms with Crippen molar-refractivity contribution in [2.45, 2.75) is 31.7 Å². The minimum atomic E-state index is -1.31. The Hall–Kier alpha value is -5.77. The molecule has 0 aromatic heterocycles. The number of rotatable bonds is 16. The van der Waals surface area contributed by atoms with Crippen LogP contribution in [0.1, 0.15) is 25.7 Å². The highest BCUT2D eigenvalue weighted by molar-refractivity contribution is 6.15. The second-order valence-corrected chi connectivity index (χ2v) is 9.87. The number of carboxylic acids is 2. The summed E-state index contributed by atoms with van der Waals surface area (Å²) in [4.78, 5) is 82.5. The molecule has 45 heavy (non-hydrogen) atoms. The SMILES string of the molecule is N[C@@H](C[C@H](CCCC(=O)NCC(=O)Nc1ccc(N=Nc2ccc(NC(=O)CN3C(=O)C=CC3=O)cc2)cc1)C(=O)O)C(=O)O. The third kappa shape index (κ3) is 11.1. The monoisotopic (exact) mass is 621 g/mol. The third-order valence-electron chi connectivity index (χ3n) is 6.39. The number of nitrogens with zero attached hydrogens (tertiary/aromatic N) is 3. The molecule has 1 aliphatic heterocycles. The zero-order chi connectivity index (χ0) is 32.9. The first-order valence-electron chi connectivity index (χ1n) is 13.6. The molecule has 16 nitrogen and oxygen atoms in total. The van der Waals surface area contributed by atoms with E-state index in [1.54, 1.807) is 48.5 Å². The van der Waals surface area contributed by atoms with Gasteiger partial charge in [0.1, 0.15) is 12.6 Å². The summed E-state index contributed by atoms with van der Waals surface area (Å²) < 4.78 is 0. The summed E-state index contributed by atoms with van der Waals surface area (Å²) in [6, 6.07) is 11.5. The van der Waals surface area contributed by atoms with E-state index in [1.807, 2.05) is 0 Å². The maximum Gasteiger partial charge on any atom is 0.320 e. The van der Waals surface area contributed by atoms with E-state index in [2.05, 4.69) is 26.2 Å². The van der Waals surface area contributed by atoms with Crippen molar-refractivity contribution in [1.29, 1.82) is 0 Å². The number of nitrogens with two attached hydrogens (primary N) is 1. The second-order valence-electron chi connectivity index (χ2n) is 9.87. The number of azo groups is 1. The van der Waals surface area contributed by atoms with Gasteiger partial charge in [0.2, 0.25) is 17.7 Å². The fourth-order valence-electron chi connectivity index (χ4n) is 4.00. The summed E-state index contributed by atoms with van der Waals surface area (Å²) in [5, 5.41) is 33.9. The summed E-state index contributed by atoms with van der Waals surface area (Å²) in [5.41, 5.74) is 7.24. The topological polar surface area (TPSA) is 250 Å². The highest BCUT2D eigenvalue weighted by Gasteiger charge is 2.26. The minimum absolute atomic E-state index is 0.0442. The summed E-state index contributed by atoms with van der Waals surface area (Å²) in [6.45, 7) is -0.711. The highest BCUT2D eigenvalue weighted by atomic mass is 16.4. The van der Waals surface area contributed by atoms with Crippen LogP contribution < -0.4 is 21.7 Å². The Kier molecular flexibility index (Phi) is 12.1. The van der Waals surface area contributed by atoms with Crippen LogP contribution in [0.2, 0.25) is 0 Å². The van der Waals surface area contributed by atoms with Crippen LogP contribution >= 0.6 is 0 Å². The lowest BCUT2D eigenvalue weighted by Gasteiger charge is -2.14. The van der Waals surface area contributed by atoms with Crippen LogP contribution in [0.5, 0.6) is 0 Å². The summed E-state index contributed by atoms with van der Waals surface area (Å²) in [6.07, 6.45) is 2.14. The number of carboxylic acid groups (broad SMARTS) is 2. The van der Waals surface area contributed by atoms with Gasteiger partial charge in [-0.15, -0.1) is 0 Å². The first kappa shape index (κ1) is 33.7. The first-order chi connectivity index (χ1) is 21.4. The molecule has 236 valence electrons. The molecular weight excluding hydrogens is 590 g/mol. The molecule has 3 rings (SSSR count). The largest absolute Gasteiger partial charge is 0.481 e. The first-order valence-corrected chi connectivity index (χ1v) is 13.6. The zero-order valence-corrected chi connectivity index (χ0v) is 23.8. The van der Waals surface area contributed by atoms with Crippen LogP contribution in [0.15, 0.2) is 70.9 Å². The Morgan fingerprint density at radius 1 is 0.756 bits per heavy atom. The Morgan fingerprint density at radius 2 is 1.27 bits per heavy atom. The number of carbonyl (C=O) groups excluding carboxylic acids is 5. The van der Waals surface area contributed by atoms with Gasteiger partial charge in [0.25, 0.3) is 11.8 Å². The van der Waals surface area contributed by atoms with Gasteiger partial charge in [-0.3, -0.25) is 38.5 Å². The van der Waals surface area contributed by atoms with Crippen molar-refractivity contribution in [3.8, 4) is 0 Å². The van der Waals surface area contributed by atoms with E-state index in [9.17, 15) is 38.7 Å². The lowest BCUT2D eigenvalue weighted by Crippen LogP contribution is -2.37. The number of benzene rings is 2. The maximum atomic E-state index is 12.2. The van der Waals surface area contributed by atoms with Crippen molar-refractivity contribution < 1.29 is 43.8 Å². The highest BCUT2D eigenvalue weighted by Crippen LogP contribution is 2.22. The number of imide groups is 1. The van der Waals surface area contributed by atoms with Crippen LogP contribution in [-0.2, 0) is 33.6 Å². The molecule has 0 saturated heterocycles. The van der Waals surface area contributed by atoms with E-state index in [0.29, 0.717) is 22.7 Å². The summed E-state index contributed by atoms with van der Waals surface area (Å²) in [7, 11) is 0. The van der Waals surface area contributed by atoms with Gasteiger partial charge in [0.15, 0.2) is 0 Å². The predicted octanol–water partition coefficient (Wildman–Crippen LogP) is 1.69. The number of anilines is 2. The average Bonchev–Trinajstić information content (AvgIpc) is 3.31. The van der Waals surface area contributed by atoms with E-state index in [-0.39, 0.29) is 32.2 Å². The van der Waals surface area contributed by atoms with Crippen molar-refractivity contribution >= 4 is 64.2 Å². The number of carbonyl (C=O) groups is 7. The molecule has 0 aliphatic carbocycles. The molecule has 0 unspecified atom stereocenters. The number of hydrogen-bond acceptors (Lipinski definition) is 10. The maximum absolute atomic E-state index is 12.2. The number of hydrogen-bond donors (Lipinski definition) is 6. The van der Waals surface area contributed by atoms with Gasteiger partial charge in [-0.05, 0) is 67.8 Å². The van der Waals surface area contributed by atoms with Crippen molar-refractivity contribution in [1.82, 2.24) is 10.2 Å². The molecule has 5 amide bonds. The van der Waals surface area contributed by atoms with Gasteiger partial charge in [0, 0.05) is 29.9 Å². The lowest BCUT2D eigenvalue weighted by atomic mass is 9.94. The van der Waals surface area contributed by atoms with E-state index in [1.165, 1.54) is 0 Å². The fourth-order valence-corrected chi connectivity index (χ4v) is 4.00. The second kappa shape index (κ2) is 16.2. The zero-order valence-electron chi connectivity index (χ0n) is 23.8. The molecule has 2 aromatic carbocycles. The summed E-state index contributed by atoms with van der Waals surface area (Å²) >= 11 is 0. The molecule has 1 aliphatic rings. The van der Waals surface area contributed by atoms with Crippen molar-refractivity contribution in [3.63, 3.8) is 0 Å². The molecule has 0 saturated carbocycles. The van der Waals surface area contributed by atoms with Gasteiger partial charge in [-0.2, -0.15) is 10.2 Å². The minimum Gasteiger partial charge on any atom is -0.481 e. The third-order valence-corrected chi connectivity index (χ3v) is 6.39.